The molecule has 54 heavy (non-hydrogen) atoms. The molecule has 0 atom stereocenters. The molecule has 2 aromatic heterocycles. The molecule has 0 bridgehead atoms. The van der Waals surface area contributed by atoms with E-state index in [1.54, 1.807) is 0 Å². The van der Waals surface area contributed by atoms with Gasteiger partial charge in [-0.05, 0) is 185 Å². The summed E-state index contributed by atoms with van der Waals surface area (Å²) < 4.78 is 0. The van der Waals surface area contributed by atoms with Crippen LogP contribution in [0.15, 0.2) is 134 Å². The molecule has 2 heteroatoms. The van der Waals surface area contributed by atoms with Crippen molar-refractivity contribution in [2.45, 2.75) is 39.5 Å². The first-order chi connectivity index (χ1) is 26.5. The van der Waals surface area contributed by atoms with E-state index in [2.05, 4.69) is 147 Å². The Morgan fingerprint density at radius 2 is 0.926 bits per heavy atom. The van der Waals surface area contributed by atoms with Crippen molar-refractivity contribution in [1.82, 2.24) is 9.97 Å². The van der Waals surface area contributed by atoms with Crippen molar-refractivity contribution in [3.8, 4) is 22.3 Å². The summed E-state index contributed by atoms with van der Waals surface area (Å²) in [6.07, 6.45) is 7.82. The second-order valence-electron chi connectivity index (χ2n) is 16.0. The Morgan fingerprint density at radius 1 is 0.333 bits per heavy atom. The molecular formula is C52H36N2. The molecule has 2 nitrogen and oxygen atoms in total. The van der Waals surface area contributed by atoms with Gasteiger partial charge in [0.2, 0.25) is 0 Å². The van der Waals surface area contributed by atoms with Gasteiger partial charge in [0.15, 0.2) is 0 Å². The van der Waals surface area contributed by atoms with Gasteiger partial charge in [0.05, 0.1) is 0 Å². The molecule has 0 aliphatic heterocycles. The Hall–Kier alpha value is -6.38. The molecule has 0 saturated heterocycles. The Kier molecular flexibility index (Phi) is 5.92. The molecular weight excluding hydrogens is 653 g/mol. The first kappa shape index (κ1) is 30.1. The number of pyridine rings is 2. The van der Waals surface area contributed by atoms with E-state index in [1.165, 1.54) is 130 Å². The molecule has 0 saturated carbocycles. The normalized spacial score (nSPS) is 12.8. The van der Waals surface area contributed by atoms with Crippen LogP contribution in [0, 0.1) is 0 Å². The maximum Gasteiger partial charge on any atom is 0.0273 e. The summed E-state index contributed by atoms with van der Waals surface area (Å²) >= 11 is 0. The fourth-order valence-electron chi connectivity index (χ4n) is 10.5. The van der Waals surface area contributed by atoms with Crippen molar-refractivity contribution >= 4 is 97.0 Å². The number of aromatic nitrogens is 2. The van der Waals surface area contributed by atoms with E-state index in [1.807, 2.05) is 24.8 Å². The third-order valence-corrected chi connectivity index (χ3v) is 12.6. The van der Waals surface area contributed by atoms with E-state index in [0.717, 1.165) is 0 Å². The van der Waals surface area contributed by atoms with Crippen LogP contribution in [0.25, 0.3) is 119 Å². The topological polar surface area (TPSA) is 25.8 Å². The minimum atomic E-state index is 0.353. The van der Waals surface area contributed by atoms with Gasteiger partial charge in [-0.15, -0.1) is 0 Å². The van der Waals surface area contributed by atoms with Crippen LogP contribution in [-0.4, -0.2) is 9.97 Å². The van der Waals surface area contributed by atoms with Crippen molar-refractivity contribution in [1.29, 1.82) is 0 Å². The average Bonchev–Trinajstić information content (AvgIpc) is 3.70. The number of fused-ring (bicyclic) bond motifs is 8. The maximum absolute atomic E-state index is 4.53. The smallest absolute Gasteiger partial charge is 0.0273 e. The zero-order valence-corrected chi connectivity index (χ0v) is 30.8. The summed E-state index contributed by atoms with van der Waals surface area (Å²) in [7, 11) is 0. The second kappa shape index (κ2) is 10.6. The van der Waals surface area contributed by atoms with E-state index in [4.69, 9.17) is 0 Å². The highest BCUT2D eigenvalue weighted by Gasteiger charge is 2.29. The molecule has 254 valence electrons. The van der Waals surface area contributed by atoms with Gasteiger partial charge in [-0.1, -0.05) is 94.4 Å². The molecule has 0 fully saturated rings. The molecule has 0 unspecified atom stereocenters. The molecule has 0 amide bonds. The third kappa shape index (κ3) is 3.70. The molecule has 12 rings (SSSR count). The van der Waals surface area contributed by atoms with Crippen LogP contribution in [0.3, 0.4) is 0 Å². The van der Waals surface area contributed by atoms with Crippen molar-refractivity contribution in [2.75, 3.05) is 0 Å². The van der Waals surface area contributed by atoms with Gasteiger partial charge in [0, 0.05) is 24.8 Å². The second-order valence-corrected chi connectivity index (χ2v) is 16.0. The van der Waals surface area contributed by atoms with Crippen molar-refractivity contribution in [2.24, 2.45) is 0 Å². The van der Waals surface area contributed by atoms with Crippen LogP contribution in [0.2, 0.25) is 0 Å². The van der Waals surface area contributed by atoms with Crippen LogP contribution in [0.1, 0.15) is 50.7 Å². The average molecular weight is 689 g/mol. The van der Waals surface area contributed by atoms with Gasteiger partial charge >= 0.3 is 0 Å². The van der Waals surface area contributed by atoms with Crippen LogP contribution in [0.5, 0.6) is 0 Å². The lowest BCUT2D eigenvalue weighted by molar-refractivity contribution is 0.876. The van der Waals surface area contributed by atoms with Gasteiger partial charge in [-0.3, -0.25) is 9.97 Å². The minimum Gasteiger partial charge on any atom is -0.265 e. The molecule has 0 aliphatic carbocycles. The Labute approximate surface area is 312 Å². The number of nitrogens with zero attached hydrogens (tertiary/aromatic N) is 2. The zero-order chi connectivity index (χ0) is 36.0. The lowest BCUT2D eigenvalue weighted by atomic mass is 9.84. The molecule has 12 aromatic rings. The number of hydrogen-bond donors (Lipinski definition) is 0. The minimum absolute atomic E-state index is 0.353. The van der Waals surface area contributed by atoms with Crippen LogP contribution < -0.4 is 0 Å². The Bertz CT molecular complexity index is 3470. The zero-order valence-electron chi connectivity index (χ0n) is 30.8. The Balaban J connectivity index is 1.46. The predicted molar refractivity (Wildman–Crippen MR) is 232 cm³/mol. The predicted octanol–water partition coefficient (Wildman–Crippen LogP) is 14.7. The highest BCUT2D eigenvalue weighted by molar-refractivity contribution is 6.48. The van der Waals surface area contributed by atoms with E-state index in [9.17, 15) is 0 Å². The summed E-state index contributed by atoms with van der Waals surface area (Å²) in [5.41, 5.74) is 7.78. The van der Waals surface area contributed by atoms with E-state index < -0.39 is 0 Å². The molecule has 10 aromatic carbocycles. The van der Waals surface area contributed by atoms with Crippen molar-refractivity contribution < 1.29 is 0 Å². The van der Waals surface area contributed by atoms with Crippen molar-refractivity contribution in [3.05, 3.63) is 145 Å². The molecule has 0 aliphatic rings. The van der Waals surface area contributed by atoms with Gasteiger partial charge in [0.1, 0.15) is 0 Å². The summed E-state index contributed by atoms with van der Waals surface area (Å²) in [4.78, 5) is 9.04. The monoisotopic (exact) mass is 688 g/mol. The highest BCUT2D eigenvalue weighted by Crippen LogP contribution is 2.57. The van der Waals surface area contributed by atoms with Crippen LogP contribution in [0.4, 0.5) is 0 Å². The number of benzene rings is 8. The van der Waals surface area contributed by atoms with E-state index in [0.29, 0.717) is 11.8 Å². The molecule has 0 spiro atoms. The lowest BCUT2D eigenvalue weighted by Crippen LogP contribution is -1.95. The summed E-state index contributed by atoms with van der Waals surface area (Å²) in [5, 5.41) is 24.0. The first-order valence-corrected chi connectivity index (χ1v) is 19.3. The van der Waals surface area contributed by atoms with E-state index in [-0.39, 0.29) is 0 Å². The summed E-state index contributed by atoms with van der Waals surface area (Å²) in [6, 6.07) is 41.9. The fraction of sp³-hybridized carbons (Fsp3) is 0.115. The molecule has 0 radical (unpaired) electrons. The first-order valence-electron chi connectivity index (χ1n) is 19.3. The fourth-order valence-corrected chi connectivity index (χ4v) is 10.5. The lowest BCUT2D eigenvalue weighted by Gasteiger charge is -2.19. The quantitative estimate of drug-likeness (QED) is 0.172. The SMILES string of the molecule is CC(C)c1ccc2cc3c4c(-c5ccncc5)c5cc6c7ccccc7c7cccc(c5c(-c5ccncc5)c4c4cc(C(C)C)c5ccc1c2c5c34)c76. The van der Waals surface area contributed by atoms with E-state index >= 15 is 0 Å². The van der Waals surface area contributed by atoms with Gasteiger partial charge < -0.3 is 0 Å². The van der Waals surface area contributed by atoms with Crippen LogP contribution in [-0.2, 0) is 0 Å². The largest absolute Gasteiger partial charge is 0.265 e. The van der Waals surface area contributed by atoms with Crippen molar-refractivity contribution in [3.63, 3.8) is 0 Å². The standard InChI is InChI=1S/C52H36N2/c1-27(2)32-13-12-31-24-41-49-43(25-39(28(3)4)37-15-14-36(32)45(31)50(37)49)52-46(30-18-22-54-23-19-30)48-38-11-7-10-35-33-8-5-6-9-34(33)40(47(35)38)26-42(48)44(51(41)52)29-16-20-53-21-17-29/h5-28H,1-4H3. The van der Waals surface area contributed by atoms with Gasteiger partial charge in [0.25, 0.3) is 0 Å². The third-order valence-electron chi connectivity index (χ3n) is 12.6. The van der Waals surface area contributed by atoms with Crippen LogP contribution >= 0.6 is 0 Å². The van der Waals surface area contributed by atoms with Gasteiger partial charge in [-0.2, -0.15) is 0 Å². The highest BCUT2D eigenvalue weighted by atomic mass is 14.6. The maximum atomic E-state index is 4.53. The Morgan fingerprint density at radius 3 is 1.63 bits per heavy atom. The number of hydrogen-bond acceptors (Lipinski definition) is 2. The molecule has 2 heterocycles. The summed E-state index contributed by atoms with van der Waals surface area (Å²) in [6.45, 7) is 9.35. The van der Waals surface area contributed by atoms with Gasteiger partial charge in [-0.25, -0.2) is 0 Å². The number of rotatable bonds is 4. The summed E-state index contributed by atoms with van der Waals surface area (Å²) in [5.74, 6) is 0.782. The molecule has 0 N–H and O–H groups in total.